The molecular weight excluding hydrogens is 350 g/mol. The van der Waals surface area contributed by atoms with E-state index in [1.54, 1.807) is 12.1 Å². The molecule has 0 heterocycles. The van der Waals surface area contributed by atoms with Crippen molar-refractivity contribution >= 4 is 33.3 Å². The monoisotopic (exact) mass is 365 g/mol. The number of nitrogens with one attached hydrogen (secondary N) is 1. The standard InChI is InChI=1S/C17H16ClNO4S/c1-23-17(20)15-10-13(6-8-16(15)18)19-24(21,22)14-7-5-11-3-2-4-12(11)9-14/h5-10,19H,2-4H2,1H3. The minimum absolute atomic E-state index is 0.105. The summed E-state index contributed by atoms with van der Waals surface area (Å²) in [5, 5.41) is 0.197. The summed E-state index contributed by atoms with van der Waals surface area (Å²) in [6.45, 7) is 0. The van der Waals surface area contributed by atoms with Crippen LogP contribution in [0.4, 0.5) is 5.69 Å². The number of methoxy groups -OCH3 is 1. The molecule has 2 aromatic carbocycles. The van der Waals surface area contributed by atoms with Crippen molar-refractivity contribution in [3.8, 4) is 0 Å². The predicted octanol–water partition coefficient (Wildman–Crippen LogP) is 3.42. The zero-order chi connectivity index (χ0) is 17.3. The minimum atomic E-state index is -3.74. The second-order valence-electron chi connectivity index (χ2n) is 5.58. The van der Waals surface area contributed by atoms with Crippen LogP contribution in [0.3, 0.4) is 0 Å². The Bertz CT molecular complexity index is 909. The molecule has 0 radical (unpaired) electrons. The Balaban J connectivity index is 1.91. The highest BCUT2D eigenvalue weighted by atomic mass is 35.5. The van der Waals surface area contributed by atoms with E-state index in [4.69, 9.17) is 11.6 Å². The van der Waals surface area contributed by atoms with E-state index in [-0.39, 0.29) is 21.2 Å². The molecule has 0 atom stereocenters. The molecule has 0 amide bonds. The van der Waals surface area contributed by atoms with Gasteiger partial charge in [-0.05, 0) is 60.7 Å². The number of carbonyl (C=O) groups excluding carboxylic acids is 1. The van der Waals surface area contributed by atoms with Crippen LogP contribution in [0.2, 0.25) is 5.02 Å². The van der Waals surface area contributed by atoms with E-state index < -0.39 is 16.0 Å². The van der Waals surface area contributed by atoms with Gasteiger partial charge in [0.25, 0.3) is 10.0 Å². The number of anilines is 1. The van der Waals surface area contributed by atoms with Gasteiger partial charge in [0.05, 0.1) is 22.6 Å². The first-order chi connectivity index (χ1) is 11.4. The summed E-state index contributed by atoms with van der Waals surface area (Å²) in [6.07, 6.45) is 2.93. The molecule has 0 saturated carbocycles. The SMILES string of the molecule is COC(=O)c1cc(NS(=O)(=O)c2ccc3c(c2)CCC3)ccc1Cl. The predicted molar refractivity (Wildman–Crippen MR) is 92.1 cm³/mol. The highest BCUT2D eigenvalue weighted by Crippen LogP contribution is 2.27. The van der Waals surface area contributed by atoms with Crippen LogP contribution in [0, 0.1) is 0 Å². The largest absolute Gasteiger partial charge is 0.465 e. The zero-order valence-corrected chi connectivity index (χ0v) is 14.6. The molecule has 24 heavy (non-hydrogen) atoms. The van der Waals surface area contributed by atoms with Gasteiger partial charge in [0.1, 0.15) is 0 Å². The van der Waals surface area contributed by atoms with Gasteiger partial charge in [0.2, 0.25) is 0 Å². The molecule has 0 spiro atoms. The first-order valence-corrected chi connectivity index (χ1v) is 9.29. The molecule has 126 valence electrons. The summed E-state index contributed by atoms with van der Waals surface area (Å²) in [4.78, 5) is 11.9. The van der Waals surface area contributed by atoms with Crippen molar-refractivity contribution in [1.29, 1.82) is 0 Å². The summed E-state index contributed by atoms with van der Waals surface area (Å²) in [6, 6.07) is 9.48. The van der Waals surface area contributed by atoms with Gasteiger partial charge in [-0.1, -0.05) is 17.7 Å². The number of hydrogen-bond donors (Lipinski definition) is 1. The lowest BCUT2D eigenvalue weighted by Gasteiger charge is -2.11. The number of sulfonamides is 1. The van der Waals surface area contributed by atoms with Gasteiger partial charge < -0.3 is 4.74 Å². The zero-order valence-electron chi connectivity index (χ0n) is 13.0. The van der Waals surface area contributed by atoms with E-state index in [0.717, 1.165) is 24.8 Å². The third-order valence-electron chi connectivity index (χ3n) is 4.00. The summed E-state index contributed by atoms with van der Waals surface area (Å²) in [5.41, 5.74) is 2.63. The van der Waals surface area contributed by atoms with Crippen LogP contribution in [0.1, 0.15) is 27.9 Å². The van der Waals surface area contributed by atoms with Gasteiger partial charge >= 0.3 is 5.97 Å². The molecule has 1 N–H and O–H groups in total. The summed E-state index contributed by atoms with van der Waals surface area (Å²) in [7, 11) is -2.51. The average molecular weight is 366 g/mol. The molecule has 7 heteroatoms. The van der Waals surface area contributed by atoms with Gasteiger partial charge in [-0.2, -0.15) is 0 Å². The number of rotatable bonds is 4. The molecule has 5 nitrogen and oxygen atoms in total. The van der Waals surface area contributed by atoms with E-state index >= 15 is 0 Å². The van der Waals surface area contributed by atoms with Gasteiger partial charge in [-0.25, -0.2) is 13.2 Å². The molecule has 0 aromatic heterocycles. The molecule has 0 saturated heterocycles. The first kappa shape index (κ1) is 16.8. The lowest BCUT2D eigenvalue weighted by Crippen LogP contribution is -2.14. The lowest BCUT2D eigenvalue weighted by atomic mass is 10.1. The quantitative estimate of drug-likeness (QED) is 0.842. The van der Waals surface area contributed by atoms with Crippen molar-refractivity contribution in [2.45, 2.75) is 24.2 Å². The van der Waals surface area contributed by atoms with Crippen molar-refractivity contribution in [3.05, 3.63) is 58.1 Å². The third-order valence-corrected chi connectivity index (χ3v) is 5.71. The van der Waals surface area contributed by atoms with Crippen LogP contribution in [-0.4, -0.2) is 21.5 Å². The van der Waals surface area contributed by atoms with Crippen LogP contribution in [0.15, 0.2) is 41.3 Å². The number of halogens is 1. The molecular formula is C17H16ClNO4S. The Morgan fingerprint density at radius 1 is 1.12 bits per heavy atom. The van der Waals surface area contributed by atoms with E-state index in [1.807, 2.05) is 6.07 Å². The molecule has 1 aliphatic rings. The maximum absolute atomic E-state index is 12.6. The Hall–Kier alpha value is -2.05. The third kappa shape index (κ3) is 3.25. The average Bonchev–Trinajstić information content (AvgIpc) is 3.03. The van der Waals surface area contributed by atoms with Crippen molar-refractivity contribution in [2.24, 2.45) is 0 Å². The Kier molecular flexibility index (Phi) is 4.51. The molecule has 0 aliphatic heterocycles. The van der Waals surface area contributed by atoms with E-state index in [9.17, 15) is 13.2 Å². The normalized spacial score (nSPS) is 13.4. The van der Waals surface area contributed by atoms with Crippen LogP contribution < -0.4 is 4.72 Å². The molecule has 2 aromatic rings. The first-order valence-electron chi connectivity index (χ1n) is 7.43. The highest BCUT2D eigenvalue weighted by Gasteiger charge is 2.20. The Morgan fingerprint density at radius 3 is 2.62 bits per heavy atom. The summed E-state index contributed by atoms with van der Waals surface area (Å²) >= 11 is 5.94. The molecule has 3 rings (SSSR count). The minimum Gasteiger partial charge on any atom is -0.465 e. The molecule has 0 bridgehead atoms. The number of benzene rings is 2. The summed E-state index contributed by atoms with van der Waals surface area (Å²) in [5.74, 6) is -0.626. The van der Waals surface area contributed by atoms with Crippen LogP contribution in [0.5, 0.6) is 0 Å². The number of hydrogen-bond acceptors (Lipinski definition) is 4. The van der Waals surface area contributed by atoms with Gasteiger partial charge in [-0.15, -0.1) is 0 Å². The van der Waals surface area contributed by atoms with E-state index in [0.29, 0.717) is 0 Å². The van der Waals surface area contributed by atoms with Crippen molar-refractivity contribution in [3.63, 3.8) is 0 Å². The van der Waals surface area contributed by atoms with Crippen molar-refractivity contribution < 1.29 is 17.9 Å². The molecule has 0 fully saturated rings. The van der Waals surface area contributed by atoms with E-state index in [2.05, 4.69) is 9.46 Å². The van der Waals surface area contributed by atoms with Crippen LogP contribution in [-0.2, 0) is 27.6 Å². The lowest BCUT2D eigenvalue weighted by molar-refractivity contribution is 0.0601. The smallest absolute Gasteiger partial charge is 0.339 e. The molecule has 0 unspecified atom stereocenters. The molecule has 1 aliphatic carbocycles. The topological polar surface area (TPSA) is 72.5 Å². The second kappa shape index (κ2) is 6.45. The van der Waals surface area contributed by atoms with Crippen molar-refractivity contribution in [2.75, 3.05) is 11.8 Å². The van der Waals surface area contributed by atoms with Crippen LogP contribution in [0.25, 0.3) is 0 Å². The number of carbonyl (C=O) groups is 1. The number of ether oxygens (including phenoxy) is 1. The number of fused-ring (bicyclic) bond motifs is 1. The van der Waals surface area contributed by atoms with E-state index in [1.165, 1.54) is 30.9 Å². The fourth-order valence-corrected chi connectivity index (χ4v) is 4.08. The number of aryl methyl sites for hydroxylation is 2. The fraction of sp³-hybridized carbons (Fsp3) is 0.235. The summed E-state index contributed by atoms with van der Waals surface area (Å²) < 4.78 is 32.3. The Labute approximate surface area is 145 Å². The fourth-order valence-electron chi connectivity index (χ4n) is 2.78. The highest BCUT2D eigenvalue weighted by molar-refractivity contribution is 7.92. The van der Waals surface area contributed by atoms with Gasteiger partial charge in [0.15, 0.2) is 0 Å². The van der Waals surface area contributed by atoms with Crippen LogP contribution >= 0.6 is 11.6 Å². The van der Waals surface area contributed by atoms with Gasteiger partial charge in [0, 0.05) is 5.69 Å². The van der Waals surface area contributed by atoms with Crippen molar-refractivity contribution in [1.82, 2.24) is 0 Å². The second-order valence-corrected chi connectivity index (χ2v) is 7.67. The number of esters is 1. The maximum Gasteiger partial charge on any atom is 0.339 e. The maximum atomic E-state index is 12.6. The Morgan fingerprint density at radius 2 is 1.88 bits per heavy atom. The van der Waals surface area contributed by atoms with Gasteiger partial charge in [-0.3, -0.25) is 4.72 Å².